The molecule has 2 saturated heterocycles. The monoisotopic (exact) mass is 452 g/mol. The Morgan fingerprint density at radius 3 is 2.26 bits per heavy atom. The number of piperidine rings is 2. The molecule has 170 valence electrons. The van der Waals surface area contributed by atoms with Crippen LogP contribution < -0.4 is 16.0 Å². The average molecular weight is 452 g/mol. The molecule has 0 aromatic carbocycles. The van der Waals surface area contributed by atoms with E-state index in [9.17, 15) is 36.2 Å². The van der Waals surface area contributed by atoms with Gasteiger partial charge < -0.3 is 21.1 Å². The van der Waals surface area contributed by atoms with Crippen LogP contribution in [-0.2, 0) is 11.0 Å². The topological polar surface area (TPSA) is 128 Å². The summed E-state index contributed by atoms with van der Waals surface area (Å²) in [4.78, 5) is 20.2. The molecule has 0 saturated carbocycles. The molecule has 2 fully saturated rings. The second-order valence-corrected chi connectivity index (χ2v) is 7.22. The summed E-state index contributed by atoms with van der Waals surface area (Å²) >= 11 is 0. The molecule has 8 nitrogen and oxygen atoms in total. The van der Waals surface area contributed by atoms with E-state index in [2.05, 4.69) is 9.97 Å². The van der Waals surface area contributed by atoms with Crippen LogP contribution in [0.15, 0.2) is 23.7 Å². The largest absolute Gasteiger partial charge is 0.434 e. The number of halogens is 6. The molecule has 2 aliphatic heterocycles. The van der Waals surface area contributed by atoms with Gasteiger partial charge in [-0.1, -0.05) is 0 Å². The van der Waals surface area contributed by atoms with Crippen LogP contribution in [0.1, 0.15) is 18.5 Å². The lowest BCUT2D eigenvalue weighted by molar-refractivity contribution is -0.191. The number of aliphatic hydroxyl groups is 1. The summed E-state index contributed by atoms with van der Waals surface area (Å²) in [5, 5.41) is 19.4. The zero-order chi connectivity index (χ0) is 23.1. The number of nitrogens with zero attached hydrogens (tertiary/aromatic N) is 3. The molecule has 0 spiro atoms. The molecule has 1 aromatic rings. The summed E-state index contributed by atoms with van der Waals surface area (Å²) in [6, 6.07) is 0. The van der Waals surface area contributed by atoms with Crippen molar-refractivity contribution in [1.29, 1.82) is 5.41 Å². The van der Waals surface area contributed by atoms with Gasteiger partial charge in [-0.05, 0) is 12.8 Å². The molecule has 0 unspecified atom stereocenters. The van der Waals surface area contributed by atoms with Crippen LogP contribution in [0, 0.1) is 17.2 Å². The minimum absolute atomic E-state index is 0.180. The van der Waals surface area contributed by atoms with Gasteiger partial charge in [0.25, 0.3) is 5.91 Å². The molecule has 2 atom stereocenters. The first-order valence-electron chi connectivity index (χ1n) is 9.09. The van der Waals surface area contributed by atoms with E-state index in [1.807, 2.05) is 5.32 Å². The Bertz CT molecular complexity index is 890. The maximum absolute atomic E-state index is 13.5. The van der Waals surface area contributed by atoms with Gasteiger partial charge in [-0.3, -0.25) is 10.2 Å². The fourth-order valence-electron chi connectivity index (χ4n) is 3.67. The van der Waals surface area contributed by atoms with Crippen molar-refractivity contribution in [3.8, 4) is 0 Å². The van der Waals surface area contributed by atoms with Gasteiger partial charge in [0.15, 0.2) is 5.69 Å². The van der Waals surface area contributed by atoms with Crippen molar-refractivity contribution in [2.24, 2.45) is 17.6 Å². The maximum atomic E-state index is 13.5. The molecular formula is C17H18F6N6O2. The third-order valence-corrected chi connectivity index (χ3v) is 5.26. The van der Waals surface area contributed by atoms with Crippen molar-refractivity contribution in [3.63, 3.8) is 0 Å². The Kier molecular flexibility index (Phi) is 5.86. The number of hydrogen-bond donors (Lipinski definition) is 4. The van der Waals surface area contributed by atoms with Crippen molar-refractivity contribution < 1.29 is 36.2 Å². The van der Waals surface area contributed by atoms with Gasteiger partial charge in [0.05, 0.1) is 12.4 Å². The number of carbonyl (C=O) groups excluding carboxylic acids is 1. The normalized spacial score (nSPS) is 25.5. The van der Waals surface area contributed by atoms with E-state index in [1.54, 1.807) is 4.90 Å². The molecule has 1 amide bonds. The summed E-state index contributed by atoms with van der Waals surface area (Å²) in [7, 11) is 0. The van der Waals surface area contributed by atoms with E-state index in [0.29, 0.717) is 6.20 Å². The lowest BCUT2D eigenvalue weighted by atomic mass is 9.81. The quantitative estimate of drug-likeness (QED) is 0.505. The molecule has 14 heteroatoms. The molecule has 0 radical (unpaired) electrons. The second-order valence-electron chi connectivity index (χ2n) is 7.22. The first-order chi connectivity index (χ1) is 14.3. The van der Waals surface area contributed by atoms with Crippen LogP contribution in [0.5, 0.6) is 0 Å². The Morgan fingerprint density at radius 2 is 1.77 bits per heavy atom. The van der Waals surface area contributed by atoms with E-state index in [-0.39, 0.29) is 37.4 Å². The highest BCUT2D eigenvalue weighted by Gasteiger charge is 2.54. The predicted molar refractivity (Wildman–Crippen MR) is 94.6 cm³/mol. The van der Waals surface area contributed by atoms with Crippen LogP contribution >= 0.6 is 0 Å². The SMILES string of the molecule is N=C1NC(=O)[C@H](O)[C@H](C(F)(F)F)C1=C(N)C1CCN(c2cnc(C(F)(F)F)cn2)CC1. The lowest BCUT2D eigenvalue weighted by Gasteiger charge is -2.37. The van der Waals surface area contributed by atoms with Gasteiger partial charge in [0.2, 0.25) is 0 Å². The van der Waals surface area contributed by atoms with Crippen molar-refractivity contribution in [1.82, 2.24) is 15.3 Å². The van der Waals surface area contributed by atoms with Crippen molar-refractivity contribution in [2.45, 2.75) is 31.3 Å². The van der Waals surface area contributed by atoms with Crippen LogP contribution in [0.25, 0.3) is 0 Å². The number of amidine groups is 1. The predicted octanol–water partition coefficient (Wildman–Crippen LogP) is 1.57. The molecule has 5 N–H and O–H groups in total. The summed E-state index contributed by atoms with van der Waals surface area (Å²) in [5.74, 6) is -5.18. The highest BCUT2D eigenvalue weighted by Crippen LogP contribution is 2.40. The van der Waals surface area contributed by atoms with Crippen LogP contribution in [0.3, 0.4) is 0 Å². The average Bonchev–Trinajstić information content (AvgIpc) is 2.68. The minimum atomic E-state index is -5.00. The number of hydrogen-bond acceptors (Lipinski definition) is 7. The molecule has 1 aromatic heterocycles. The Balaban J connectivity index is 1.78. The van der Waals surface area contributed by atoms with E-state index < -0.39 is 53.3 Å². The second kappa shape index (κ2) is 7.98. The zero-order valence-electron chi connectivity index (χ0n) is 15.8. The molecule has 2 aliphatic rings. The minimum Gasteiger partial charge on any atom is -0.401 e. The van der Waals surface area contributed by atoms with Gasteiger partial charge >= 0.3 is 12.4 Å². The van der Waals surface area contributed by atoms with E-state index in [1.165, 1.54) is 0 Å². The number of aliphatic hydroxyl groups excluding tert-OH is 1. The van der Waals surface area contributed by atoms with Crippen LogP contribution in [0.2, 0.25) is 0 Å². The molecule has 3 heterocycles. The van der Waals surface area contributed by atoms with Gasteiger partial charge in [-0.25, -0.2) is 9.97 Å². The summed E-state index contributed by atoms with van der Waals surface area (Å²) in [5.41, 5.74) is 3.89. The first-order valence-corrected chi connectivity index (χ1v) is 9.09. The fraction of sp³-hybridized carbons (Fsp3) is 0.529. The highest BCUT2D eigenvalue weighted by molar-refractivity contribution is 6.11. The molecule has 0 aliphatic carbocycles. The maximum Gasteiger partial charge on any atom is 0.434 e. The van der Waals surface area contributed by atoms with Crippen molar-refractivity contribution in [3.05, 3.63) is 29.4 Å². The van der Waals surface area contributed by atoms with Gasteiger partial charge in [0, 0.05) is 30.3 Å². The van der Waals surface area contributed by atoms with E-state index in [0.717, 1.165) is 6.20 Å². The van der Waals surface area contributed by atoms with Crippen LogP contribution in [-0.4, -0.2) is 52.2 Å². The number of alkyl halides is 6. The number of nitrogens with one attached hydrogen (secondary N) is 2. The number of aromatic nitrogens is 2. The number of rotatable bonds is 2. The van der Waals surface area contributed by atoms with E-state index in [4.69, 9.17) is 11.1 Å². The Labute approximate surface area is 171 Å². The summed E-state index contributed by atoms with van der Waals surface area (Å²) in [6.07, 6.45) is -10.0. The molecule has 0 bridgehead atoms. The summed E-state index contributed by atoms with van der Waals surface area (Å²) in [6.45, 7) is 0.440. The van der Waals surface area contributed by atoms with E-state index >= 15 is 0 Å². The number of anilines is 1. The smallest absolute Gasteiger partial charge is 0.401 e. The van der Waals surface area contributed by atoms with Gasteiger partial charge in [0.1, 0.15) is 23.7 Å². The molecular weight excluding hydrogens is 434 g/mol. The Hall–Kier alpha value is -2.90. The highest BCUT2D eigenvalue weighted by atomic mass is 19.4. The van der Waals surface area contributed by atoms with Gasteiger partial charge in [-0.2, -0.15) is 26.3 Å². The zero-order valence-corrected chi connectivity index (χ0v) is 15.8. The van der Waals surface area contributed by atoms with Gasteiger partial charge in [-0.15, -0.1) is 0 Å². The first kappa shape index (κ1) is 22.8. The van der Waals surface area contributed by atoms with Crippen molar-refractivity contribution >= 4 is 17.6 Å². The molecule has 3 rings (SSSR count). The third-order valence-electron chi connectivity index (χ3n) is 5.26. The number of amides is 1. The standard InChI is InChI=1S/C17H18F6N6O2/c18-16(19,20)8-5-27-9(6-26-8)29-3-1-7(2-4-29)12(24)10-11(17(21,22)23)13(30)15(31)28-14(10)25/h5-7,11,13,30H,1-4,24H2,(H2,25,28,31)/t11-,13-/m1/s1. The number of allylic oxidation sites excluding steroid dienone is 1. The number of nitrogens with two attached hydrogens (primary N) is 1. The number of carbonyl (C=O) groups is 1. The van der Waals surface area contributed by atoms with Crippen molar-refractivity contribution in [2.75, 3.05) is 18.0 Å². The Morgan fingerprint density at radius 1 is 1.16 bits per heavy atom. The third kappa shape index (κ3) is 4.57. The fourth-order valence-corrected chi connectivity index (χ4v) is 3.67. The van der Waals surface area contributed by atoms with Crippen LogP contribution in [0.4, 0.5) is 32.2 Å². The molecule has 31 heavy (non-hydrogen) atoms. The lowest BCUT2D eigenvalue weighted by Crippen LogP contribution is -2.56. The summed E-state index contributed by atoms with van der Waals surface area (Å²) < 4.78 is 78.3.